The number of aliphatic imine (C=N–C) groups is 1. The lowest BCUT2D eigenvalue weighted by Gasteiger charge is -2.24. The van der Waals surface area contributed by atoms with E-state index in [0.29, 0.717) is 44.6 Å². The molecule has 2 heterocycles. The Balaban J connectivity index is 2.06. The molecule has 0 spiro atoms. The molecule has 1 aliphatic heterocycles. The number of carbonyl (C=O) groups excluding carboxylic acids is 1. The summed E-state index contributed by atoms with van der Waals surface area (Å²) in [7, 11) is 0. The molecule has 2 rings (SSSR count). The van der Waals surface area contributed by atoms with Gasteiger partial charge in [-0.1, -0.05) is 5.16 Å². The van der Waals surface area contributed by atoms with Crippen LogP contribution >= 0.6 is 0 Å². The summed E-state index contributed by atoms with van der Waals surface area (Å²) in [5.74, 6) is -0.525. The molecule has 0 saturated carbocycles. The molecule has 1 unspecified atom stereocenters. The van der Waals surface area contributed by atoms with Gasteiger partial charge in [0.25, 0.3) is 0 Å². The number of rotatable bonds is 8. The maximum atomic E-state index is 12.5. The van der Waals surface area contributed by atoms with E-state index in [1.165, 1.54) is 4.90 Å². The van der Waals surface area contributed by atoms with Crippen molar-refractivity contribution in [3.8, 4) is 0 Å². The second-order valence-corrected chi connectivity index (χ2v) is 5.89. The van der Waals surface area contributed by atoms with Gasteiger partial charge in [-0.05, 0) is 25.7 Å². The summed E-state index contributed by atoms with van der Waals surface area (Å²) < 4.78 is 5.16. The third kappa shape index (κ3) is 5.05. The lowest BCUT2D eigenvalue weighted by Crippen LogP contribution is -2.47. The van der Waals surface area contributed by atoms with E-state index in [1.807, 2.05) is 0 Å². The van der Waals surface area contributed by atoms with Gasteiger partial charge in [0.15, 0.2) is 11.8 Å². The highest BCUT2D eigenvalue weighted by Gasteiger charge is 2.35. The number of nitrogens with zero attached hydrogens (tertiary/aromatic N) is 4. The second-order valence-electron chi connectivity index (χ2n) is 5.89. The van der Waals surface area contributed by atoms with Gasteiger partial charge in [0, 0.05) is 13.1 Å². The lowest BCUT2D eigenvalue weighted by molar-refractivity contribution is -0.141. The van der Waals surface area contributed by atoms with Crippen molar-refractivity contribution in [2.45, 2.75) is 44.3 Å². The number of carboxylic acids is 1. The first-order chi connectivity index (χ1) is 12.4. The maximum Gasteiger partial charge on any atom is 0.326 e. The van der Waals surface area contributed by atoms with Crippen LogP contribution in [0.3, 0.4) is 0 Å². The standard InChI is InChI=1S/C14H24N8O4/c15-7-10-20-11(26-21-10)8(3-1-5-18-13(16)17)19-14(25)22-6-2-4-9(22)12(23)24/h8-9H,1-7,15H2,(H,19,25)(H,23,24)(H4,16,17,18)/t8-,9?/m0/s1. The van der Waals surface area contributed by atoms with Crippen LogP contribution < -0.4 is 22.5 Å². The van der Waals surface area contributed by atoms with Crippen LogP contribution in [0.15, 0.2) is 9.52 Å². The first kappa shape index (κ1) is 19.4. The van der Waals surface area contributed by atoms with Gasteiger partial charge in [-0.25, -0.2) is 9.59 Å². The number of nitrogens with one attached hydrogen (secondary N) is 1. The Hall–Kier alpha value is -2.89. The Morgan fingerprint density at radius 3 is 2.85 bits per heavy atom. The van der Waals surface area contributed by atoms with Gasteiger partial charge >= 0.3 is 12.0 Å². The number of hydrogen-bond acceptors (Lipinski definition) is 7. The largest absolute Gasteiger partial charge is 0.480 e. The van der Waals surface area contributed by atoms with Crippen molar-refractivity contribution in [1.29, 1.82) is 0 Å². The molecule has 1 saturated heterocycles. The minimum atomic E-state index is -1.02. The molecule has 26 heavy (non-hydrogen) atoms. The maximum absolute atomic E-state index is 12.5. The van der Waals surface area contributed by atoms with Gasteiger partial charge in [-0.3, -0.25) is 4.99 Å². The minimum absolute atomic E-state index is 0.0184. The number of urea groups is 1. The van der Waals surface area contributed by atoms with Gasteiger partial charge in [0.05, 0.1) is 6.54 Å². The normalized spacial score (nSPS) is 17.7. The fraction of sp³-hybridized carbons (Fsp3) is 0.643. The monoisotopic (exact) mass is 368 g/mol. The van der Waals surface area contributed by atoms with Crippen LogP contribution in [0, 0.1) is 0 Å². The predicted octanol–water partition coefficient (Wildman–Crippen LogP) is -1.12. The number of hydrogen-bond donors (Lipinski definition) is 5. The molecule has 0 aliphatic carbocycles. The molecule has 1 aromatic rings. The van der Waals surface area contributed by atoms with Crippen molar-refractivity contribution in [3.05, 3.63) is 11.7 Å². The Labute approximate surface area is 149 Å². The zero-order chi connectivity index (χ0) is 19.1. The number of likely N-dealkylation sites (tertiary alicyclic amines) is 1. The minimum Gasteiger partial charge on any atom is -0.480 e. The molecule has 144 valence electrons. The molecule has 0 bridgehead atoms. The van der Waals surface area contributed by atoms with E-state index in [9.17, 15) is 14.7 Å². The number of aromatic nitrogens is 2. The summed E-state index contributed by atoms with van der Waals surface area (Å²) in [6, 6.07) is -1.92. The highest BCUT2D eigenvalue weighted by atomic mass is 16.5. The van der Waals surface area contributed by atoms with E-state index >= 15 is 0 Å². The van der Waals surface area contributed by atoms with Crippen LogP contribution in [-0.2, 0) is 11.3 Å². The van der Waals surface area contributed by atoms with E-state index in [-0.39, 0.29) is 18.4 Å². The van der Waals surface area contributed by atoms with E-state index in [0.717, 1.165) is 0 Å². The van der Waals surface area contributed by atoms with Crippen LogP contribution in [0.4, 0.5) is 4.79 Å². The predicted molar refractivity (Wildman–Crippen MR) is 90.7 cm³/mol. The summed E-state index contributed by atoms with van der Waals surface area (Å²) in [5.41, 5.74) is 16.1. The number of nitrogens with two attached hydrogens (primary N) is 3. The van der Waals surface area contributed by atoms with Crippen LogP contribution in [-0.4, -0.2) is 57.2 Å². The molecule has 2 atom stereocenters. The number of aliphatic carboxylic acids is 1. The van der Waals surface area contributed by atoms with E-state index in [1.54, 1.807) is 0 Å². The molecular formula is C14H24N8O4. The van der Waals surface area contributed by atoms with Crippen LogP contribution in [0.1, 0.15) is 43.4 Å². The fourth-order valence-electron chi connectivity index (χ4n) is 2.75. The Morgan fingerprint density at radius 1 is 1.46 bits per heavy atom. The molecule has 0 aromatic carbocycles. The van der Waals surface area contributed by atoms with Gasteiger partial charge in [-0.2, -0.15) is 4.98 Å². The molecule has 12 nitrogen and oxygen atoms in total. The molecule has 1 aromatic heterocycles. The van der Waals surface area contributed by atoms with Gasteiger partial charge in [0.2, 0.25) is 5.89 Å². The van der Waals surface area contributed by atoms with Crippen molar-refractivity contribution in [2.24, 2.45) is 22.2 Å². The highest BCUT2D eigenvalue weighted by Crippen LogP contribution is 2.21. The summed E-state index contributed by atoms with van der Waals surface area (Å²) in [4.78, 5) is 33.1. The van der Waals surface area contributed by atoms with Crippen LogP contribution in [0.25, 0.3) is 0 Å². The Morgan fingerprint density at radius 2 is 2.23 bits per heavy atom. The number of carboxylic acid groups (broad SMARTS) is 1. The molecule has 2 amide bonds. The first-order valence-electron chi connectivity index (χ1n) is 8.30. The first-order valence-corrected chi connectivity index (χ1v) is 8.30. The topological polar surface area (TPSA) is 199 Å². The zero-order valence-corrected chi connectivity index (χ0v) is 14.3. The van der Waals surface area contributed by atoms with Gasteiger partial charge in [0.1, 0.15) is 12.1 Å². The average Bonchev–Trinajstić information content (AvgIpc) is 3.26. The average molecular weight is 368 g/mol. The van der Waals surface area contributed by atoms with Crippen molar-refractivity contribution in [2.75, 3.05) is 13.1 Å². The molecule has 0 radical (unpaired) electrons. The quantitative estimate of drug-likeness (QED) is 0.214. The second kappa shape index (κ2) is 8.99. The Kier molecular flexibility index (Phi) is 6.72. The number of carbonyl (C=O) groups is 2. The molecule has 1 aliphatic rings. The van der Waals surface area contributed by atoms with Gasteiger partial charge < -0.3 is 37.0 Å². The lowest BCUT2D eigenvalue weighted by atomic mass is 10.1. The number of amides is 2. The molecule has 12 heteroatoms. The van der Waals surface area contributed by atoms with Crippen LogP contribution in [0.5, 0.6) is 0 Å². The smallest absolute Gasteiger partial charge is 0.326 e. The highest BCUT2D eigenvalue weighted by molar-refractivity contribution is 5.83. The molecular weight excluding hydrogens is 344 g/mol. The summed E-state index contributed by atoms with van der Waals surface area (Å²) in [5, 5.41) is 15.7. The van der Waals surface area contributed by atoms with Crippen molar-refractivity contribution >= 4 is 18.0 Å². The third-order valence-electron chi connectivity index (χ3n) is 4.01. The number of guanidine groups is 1. The summed E-state index contributed by atoms with van der Waals surface area (Å²) in [6.45, 7) is 0.848. The Bertz CT molecular complexity index is 657. The van der Waals surface area contributed by atoms with E-state index in [4.69, 9.17) is 21.7 Å². The molecule has 8 N–H and O–H groups in total. The van der Waals surface area contributed by atoms with Crippen LogP contribution in [0.2, 0.25) is 0 Å². The fourth-order valence-corrected chi connectivity index (χ4v) is 2.75. The van der Waals surface area contributed by atoms with E-state index in [2.05, 4.69) is 20.4 Å². The van der Waals surface area contributed by atoms with Crippen molar-refractivity contribution in [3.63, 3.8) is 0 Å². The van der Waals surface area contributed by atoms with Crippen molar-refractivity contribution < 1.29 is 19.2 Å². The van der Waals surface area contributed by atoms with Crippen molar-refractivity contribution in [1.82, 2.24) is 20.4 Å². The van der Waals surface area contributed by atoms with E-state index < -0.39 is 24.1 Å². The third-order valence-corrected chi connectivity index (χ3v) is 4.01. The zero-order valence-electron chi connectivity index (χ0n) is 14.3. The summed E-state index contributed by atoms with van der Waals surface area (Å²) >= 11 is 0. The summed E-state index contributed by atoms with van der Waals surface area (Å²) in [6.07, 6.45) is 2.04. The molecule has 1 fully saturated rings. The SMILES string of the molecule is NCc1noc([C@H](CCCN=C(N)N)NC(=O)N2CCCC2C(=O)O)n1. The van der Waals surface area contributed by atoms with Gasteiger partial charge in [-0.15, -0.1) is 0 Å².